The van der Waals surface area contributed by atoms with Crippen LogP contribution in [0.3, 0.4) is 0 Å². The first-order valence-electron chi connectivity index (χ1n) is 7.34. The zero-order valence-electron chi connectivity index (χ0n) is 12.4. The first-order chi connectivity index (χ1) is 10.7. The Hall–Kier alpha value is -2.15. The molecule has 1 N–H and O–H groups in total. The fourth-order valence-corrected chi connectivity index (χ4v) is 3.35. The van der Waals surface area contributed by atoms with E-state index in [2.05, 4.69) is 14.5 Å². The number of carbonyl (C=O) groups excluding carboxylic acids is 1. The third-order valence-electron chi connectivity index (χ3n) is 3.87. The average Bonchev–Trinajstić information content (AvgIpc) is 3.03. The second-order valence-electron chi connectivity index (χ2n) is 5.17. The molecule has 3 rings (SSSR count). The number of para-hydroxylation sites is 2. The van der Waals surface area contributed by atoms with E-state index in [1.165, 1.54) is 11.5 Å². The predicted octanol–water partition coefficient (Wildman–Crippen LogP) is 1.77. The summed E-state index contributed by atoms with van der Waals surface area (Å²) in [7, 11) is 0. The Labute approximate surface area is 133 Å². The second-order valence-corrected chi connectivity index (χ2v) is 5.92. The van der Waals surface area contributed by atoms with Gasteiger partial charge < -0.3 is 14.9 Å². The molecule has 0 bridgehead atoms. The van der Waals surface area contributed by atoms with E-state index in [1.807, 2.05) is 30.0 Å². The Morgan fingerprint density at radius 3 is 2.68 bits per heavy atom. The predicted molar refractivity (Wildman–Crippen MR) is 85.5 cm³/mol. The maximum atomic E-state index is 12.5. The van der Waals surface area contributed by atoms with E-state index in [0.29, 0.717) is 31.1 Å². The van der Waals surface area contributed by atoms with E-state index >= 15 is 0 Å². The third kappa shape index (κ3) is 2.76. The standard InChI is InChI=1S/C15H18N4O2S/c1-2-11-14(22-17-16-11)15(21)19-9-7-18(8-10-19)12-5-3-4-6-13(12)20/h3-6,20H,2,7-10H2,1H3. The number of aryl methyl sites for hydroxylation is 1. The van der Waals surface area contributed by atoms with E-state index in [4.69, 9.17) is 0 Å². The van der Waals surface area contributed by atoms with Crippen molar-refractivity contribution >= 4 is 23.1 Å². The highest BCUT2D eigenvalue weighted by Gasteiger charge is 2.26. The lowest BCUT2D eigenvalue weighted by Gasteiger charge is -2.36. The maximum Gasteiger partial charge on any atom is 0.267 e. The van der Waals surface area contributed by atoms with Crippen LogP contribution in [0.25, 0.3) is 0 Å². The van der Waals surface area contributed by atoms with Gasteiger partial charge in [-0.2, -0.15) is 0 Å². The fourth-order valence-electron chi connectivity index (χ4n) is 2.63. The summed E-state index contributed by atoms with van der Waals surface area (Å²) in [5.41, 5.74) is 1.60. The molecule has 1 amide bonds. The quantitative estimate of drug-likeness (QED) is 0.934. The highest BCUT2D eigenvalue weighted by atomic mass is 32.1. The van der Waals surface area contributed by atoms with Crippen molar-refractivity contribution in [3.63, 3.8) is 0 Å². The van der Waals surface area contributed by atoms with Crippen LogP contribution >= 0.6 is 11.5 Å². The van der Waals surface area contributed by atoms with Gasteiger partial charge in [-0.05, 0) is 30.1 Å². The Balaban J connectivity index is 1.67. The number of anilines is 1. The van der Waals surface area contributed by atoms with Crippen LogP contribution in [0.5, 0.6) is 5.75 Å². The van der Waals surface area contributed by atoms with E-state index in [9.17, 15) is 9.90 Å². The van der Waals surface area contributed by atoms with Crippen LogP contribution in [-0.4, -0.2) is 51.7 Å². The molecular formula is C15H18N4O2S. The van der Waals surface area contributed by atoms with Crippen LogP contribution in [0.15, 0.2) is 24.3 Å². The zero-order chi connectivity index (χ0) is 15.5. The largest absolute Gasteiger partial charge is 0.506 e. The van der Waals surface area contributed by atoms with Crippen LogP contribution in [0.1, 0.15) is 22.3 Å². The first kappa shape index (κ1) is 14.8. The van der Waals surface area contributed by atoms with E-state index in [1.54, 1.807) is 6.07 Å². The number of hydrogen-bond donors (Lipinski definition) is 1. The first-order valence-corrected chi connectivity index (χ1v) is 8.11. The number of carbonyl (C=O) groups is 1. The average molecular weight is 318 g/mol. The number of hydrogen-bond acceptors (Lipinski definition) is 6. The Bertz CT molecular complexity index is 665. The molecule has 7 heteroatoms. The van der Waals surface area contributed by atoms with Crippen molar-refractivity contribution in [2.75, 3.05) is 31.1 Å². The van der Waals surface area contributed by atoms with Gasteiger partial charge in [0.05, 0.1) is 11.4 Å². The minimum atomic E-state index is 0.0174. The summed E-state index contributed by atoms with van der Waals surface area (Å²) >= 11 is 1.17. The van der Waals surface area contributed by atoms with Crippen molar-refractivity contribution in [1.82, 2.24) is 14.5 Å². The number of aromatic hydroxyl groups is 1. The van der Waals surface area contributed by atoms with Crippen LogP contribution < -0.4 is 4.90 Å². The van der Waals surface area contributed by atoms with Crippen LogP contribution in [0.4, 0.5) is 5.69 Å². The topological polar surface area (TPSA) is 69.6 Å². The van der Waals surface area contributed by atoms with Gasteiger partial charge in [-0.1, -0.05) is 23.5 Å². The number of amides is 1. The van der Waals surface area contributed by atoms with Gasteiger partial charge in [0.15, 0.2) is 0 Å². The van der Waals surface area contributed by atoms with E-state index in [-0.39, 0.29) is 11.7 Å². The molecule has 1 aromatic carbocycles. The molecule has 6 nitrogen and oxygen atoms in total. The lowest BCUT2D eigenvalue weighted by Crippen LogP contribution is -2.48. The molecule has 2 heterocycles. The Morgan fingerprint density at radius 1 is 1.27 bits per heavy atom. The molecule has 116 valence electrons. The minimum Gasteiger partial charge on any atom is -0.506 e. The van der Waals surface area contributed by atoms with E-state index < -0.39 is 0 Å². The molecule has 0 aliphatic carbocycles. The van der Waals surface area contributed by atoms with Gasteiger partial charge in [0.1, 0.15) is 10.6 Å². The Morgan fingerprint density at radius 2 is 2.00 bits per heavy atom. The smallest absolute Gasteiger partial charge is 0.267 e. The summed E-state index contributed by atoms with van der Waals surface area (Å²) in [6.07, 6.45) is 0.718. The SMILES string of the molecule is CCc1nnsc1C(=O)N1CCN(c2ccccc2O)CC1. The number of nitrogens with zero attached hydrogens (tertiary/aromatic N) is 4. The van der Waals surface area contributed by atoms with Gasteiger partial charge in [-0.3, -0.25) is 4.79 Å². The summed E-state index contributed by atoms with van der Waals surface area (Å²) in [5, 5.41) is 13.9. The van der Waals surface area contributed by atoms with Crippen molar-refractivity contribution in [3.8, 4) is 5.75 Å². The van der Waals surface area contributed by atoms with Gasteiger partial charge >= 0.3 is 0 Å². The summed E-state index contributed by atoms with van der Waals surface area (Å²) in [6, 6.07) is 7.29. The minimum absolute atomic E-state index is 0.0174. The lowest BCUT2D eigenvalue weighted by atomic mass is 10.2. The zero-order valence-corrected chi connectivity index (χ0v) is 13.2. The van der Waals surface area contributed by atoms with E-state index in [0.717, 1.165) is 17.8 Å². The molecule has 0 atom stereocenters. The molecule has 1 saturated heterocycles. The molecule has 1 aliphatic rings. The molecule has 0 unspecified atom stereocenters. The summed E-state index contributed by atoms with van der Waals surface area (Å²) < 4.78 is 3.88. The monoisotopic (exact) mass is 318 g/mol. The number of aromatic nitrogens is 2. The van der Waals surface area contributed by atoms with Gasteiger partial charge in [0, 0.05) is 26.2 Å². The summed E-state index contributed by atoms with van der Waals surface area (Å²) in [6.45, 7) is 4.65. The molecule has 1 aromatic heterocycles. The molecule has 1 aliphatic heterocycles. The maximum absolute atomic E-state index is 12.5. The highest BCUT2D eigenvalue weighted by molar-refractivity contribution is 7.08. The summed E-state index contributed by atoms with van der Waals surface area (Å²) in [5.74, 6) is 0.297. The number of rotatable bonds is 3. The van der Waals surface area contributed by atoms with Gasteiger partial charge in [0.2, 0.25) is 0 Å². The van der Waals surface area contributed by atoms with Crippen LogP contribution in [0, 0.1) is 0 Å². The van der Waals surface area contributed by atoms with Crippen molar-refractivity contribution in [1.29, 1.82) is 0 Å². The number of benzene rings is 1. The Kier molecular flexibility index (Phi) is 4.24. The van der Waals surface area contributed by atoms with Gasteiger partial charge in [0.25, 0.3) is 5.91 Å². The summed E-state index contributed by atoms with van der Waals surface area (Å²) in [4.78, 5) is 17.1. The van der Waals surface area contributed by atoms with Crippen molar-refractivity contribution in [2.24, 2.45) is 0 Å². The molecule has 2 aromatic rings. The molecule has 0 spiro atoms. The van der Waals surface area contributed by atoms with Crippen molar-refractivity contribution in [2.45, 2.75) is 13.3 Å². The number of piperazine rings is 1. The van der Waals surface area contributed by atoms with Crippen molar-refractivity contribution < 1.29 is 9.90 Å². The van der Waals surface area contributed by atoms with Crippen LogP contribution in [-0.2, 0) is 6.42 Å². The fraction of sp³-hybridized carbons (Fsp3) is 0.400. The lowest BCUT2D eigenvalue weighted by molar-refractivity contribution is 0.0750. The third-order valence-corrected chi connectivity index (χ3v) is 4.63. The number of phenols is 1. The van der Waals surface area contributed by atoms with Crippen molar-refractivity contribution in [3.05, 3.63) is 34.8 Å². The number of phenolic OH excluding ortho intramolecular Hbond substituents is 1. The molecule has 22 heavy (non-hydrogen) atoms. The normalized spacial score (nSPS) is 15.1. The molecular weight excluding hydrogens is 300 g/mol. The molecule has 1 fully saturated rings. The van der Waals surface area contributed by atoms with Crippen LogP contribution in [0.2, 0.25) is 0 Å². The molecule has 0 saturated carbocycles. The second kappa shape index (κ2) is 6.31. The van der Waals surface area contributed by atoms with Gasteiger partial charge in [-0.25, -0.2) is 0 Å². The molecule has 0 radical (unpaired) electrons. The highest BCUT2D eigenvalue weighted by Crippen LogP contribution is 2.27. The van der Waals surface area contributed by atoms with Gasteiger partial charge in [-0.15, -0.1) is 5.10 Å².